The van der Waals surface area contributed by atoms with E-state index < -0.39 is 0 Å². The smallest absolute Gasteiger partial charge is 0.123 e. The normalized spacial score (nSPS) is 20.6. The SMILES string of the molecule is COc1ccc(OC)c(CNC2CC(C)(C)NC(C)(C)C2)c1. The lowest BCUT2D eigenvalue weighted by Gasteiger charge is -2.46. The molecule has 1 aromatic carbocycles. The molecule has 124 valence electrons. The second-order valence-electron chi connectivity index (χ2n) is 7.56. The second-order valence-corrected chi connectivity index (χ2v) is 7.56. The summed E-state index contributed by atoms with van der Waals surface area (Å²) in [6.07, 6.45) is 2.23. The first kappa shape index (κ1) is 17.1. The topological polar surface area (TPSA) is 42.5 Å². The van der Waals surface area contributed by atoms with Gasteiger partial charge in [0.1, 0.15) is 11.5 Å². The molecule has 4 heteroatoms. The lowest BCUT2D eigenvalue weighted by Crippen LogP contribution is -2.61. The van der Waals surface area contributed by atoms with Gasteiger partial charge in [-0.2, -0.15) is 0 Å². The molecule has 0 saturated carbocycles. The van der Waals surface area contributed by atoms with Gasteiger partial charge in [-0.3, -0.25) is 0 Å². The van der Waals surface area contributed by atoms with Gasteiger partial charge in [-0.05, 0) is 58.7 Å². The minimum Gasteiger partial charge on any atom is -0.497 e. The van der Waals surface area contributed by atoms with Gasteiger partial charge in [-0.25, -0.2) is 0 Å². The highest BCUT2D eigenvalue weighted by molar-refractivity contribution is 5.40. The molecule has 22 heavy (non-hydrogen) atoms. The van der Waals surface area contributed by atoms with Crippen LogP contribution in [0.2, 0.25) is 0 Å². The van der Waals surface area contributed by atoms with E-state index in [4.69, 9.17) is 9.47 Å². The zero-order valence-corrected chi connectivity index (χ0v) is 14.7. The molecule has 2 N–H and O–H groups in total. The average molecular weight is 306 g/mol. The van der Waals surface area contributed by atoms with E-state index in [9.17, 15) is 0 Å². The van der Waals surface area contributed by atoms with Crippen molar-refractivity contribution in [3.05, 3.63) is 23.8 Å². The van der Waals surface area contributed by atoms with E-state index in [-0.39, 0.29) is 11.1 Å². The van der Waals surface area contributed by atoms with Crippen LogP contribution in [0.25, 0.3) is 0 Å². The van der Waals surface area contributed by atoms with Gasteiger partial charge in [-0.15, -0.1) is 0 Å². The Morgan fingerprint density at radius 1 is 1.09 bits per heavy atom. The van der Waals surface area contributed by atoms with Crippen LogP contribution in [0.4, 0.5) is 0 Å². The Labute approximate surface area is 134 Å². The number of hydrogen-bond acceptors (Lipinski definition) is 4. The van der Waals surface area contributed by atoms with Crippen LogP contribution < -0.4 is 20.1 Å². The fourth-order valence-electron chi connectivity index (χ4n) is 3.74. The monoisotopic (exact) mass is 306 g/mol. The first-order chi connectivity index (χ1) is 10.2. The summed E-state index contributed by atoms with van der Waals surface area (Å²) < 4.78 is 10.8. The third-order valence-corrected chi connectivity index (χ3v) is 4.26. The molecule has 1 fully saturated rings. The molecule has 0 radical (unpaired) electrons. The highest BCUT2D eigenvalue weighted by Crippen LogP contribution is 2.29. The van der Waals surface area contributed by atoms with E-state index in [2.05, 4.69) is 38.3 Å². The van der Waals surface area contributed by atoms with Crippen LogP contribution in [0, 0.1) is 0 Å². The van der Waals surface area contributed by atoms with Gasteiger partial charge in [0.05, 0.1) is 14.2 Å². The highest BCUT2D eigenvalue weighted by Gasteiger charge is 2.37. The maximum atomic E-state index is 5.46. The van der Waals surface area contributed by atoms with Crippen molar-refractivity contribution in [1.29, 1.82) is 0 Å². The molecule has 1 aliphatic rings. The molecule has 0 atom stereocenters. The molecule has 0 unspecified atom stereocenters. The molecule has 0 amide bonds. The van der Waals surface area contributed by atoms with Crippen LogP contribution in [-0.4, -0.2) is 31.3 Å². The third-order valence-electron chi connectivity index (χ3n) is 4.26. The molecule has 0 aliphatic carbocycles. The zero-order valence-electron chi connectivity index (χ0n) is 14.7. The summed E-state index contributed by atoms with van der Waals surface area (Å²) in [5.74, 6) is 1.77. The Kier molecular flexibility index (Phi) is 5.03. The fraction of sp³-hybridized carbons (Fsp3) is 0.667. The van der Waals surface area contributed by atoms with E-state index in [0.29, 0.717) is 6.04 Å². The first-order valence-corrected chi connectivity index (χ1v) is 7.98. The van der Waals surface area contributed by atoms with Crippen molar-refractivity contribution >= 4 is 0 Å². The largest absolute Gasteiger partial charge is 0.497 e. The summed E-state index contributed by atoms with van der Waals surface area (Å²) in [6, 6.07) is 6.43. The summed E-state index contributed by atoms with van der Waals surface area (Å²) >= 11 is 0. The van der Waals surface area contributed by atoms with Crippen LogP contribution >= 0.6 is 0 Å². The Morgan fingerprint density at radius 2 is 1.73 bits per heavy atom. The fourth-order valence-corrected chi connectivity index (χ4v) is 3.74. The molecule has 1 saturated heterocycles. The Morgan fingerprint density at radius 3 is 2.27 bits per heavy atom. The summed E-state index contributed by atoms with van der Waals surface area (Å²) in [5, 5.41) is 7.42. The van der Waals surface area contributed by atoms with Gasteiger partial charge in [0.2, 0.25) is 0 Å². The van der Waals surface area contributed by atoms with Crippen LogP contribution in [0.3, 0.4) is 0 Å². The lowest BCUT2D eigenvalue weighted by molar-refractivity contribution is 0.145. The average Bonchev–Trinajstić information content (AvgIpc) is 2.41. The lowest BCUT2D eigenvalue weighted by atomic mass is 9.79. The van der Waals surface area contributed by atoms with Gasteiger partial charge in [-0.1, -0.05) is 0 Å². The summed E-state index contributed by atoms with van der Waals surface area (Å²) in [4.78, 5) is 0. The van der Waals surface area contributed by atoms with Gasteiger partial charge < -0.3 is 20.1 Å². The molecule has 0 spiro atoms. The van der Waals surface area contributed by atoms with Crippen molar-refractivity contribution in [3.63, 3.8) is 0 Å². The van der Waals surface area contributed by atoms with E-state index in [1.165, 1.54) is 0 Å². The minimum atomic E-state index is 0.151. The van der Waals surface area contributed by atoms with Crippen molar-refractivity contribution in [3.8, 4) is 11.5 Å². The van der Waals surface area contributed by atoms with Crippen molar-refractivity contribution in [2.24, 2.45) is 0 Å². The van der Waals surface area contributed by atoms with Crippen molar-refractivity contribution < 1.29 is 9.47 Å². The number of ether oxygens (including phenoxy) is 2. The highest BCUT2D eigenvalue weighted by atomic mass is 16.5. The maximum Gasteiger partial charge on any atom is 0.123 e. The molecule has 0 bridgehead atoms. The van der Waals surface area contributed by atoms with Gasteiger partial charge in [0.15, 0.2) is 0 Å². The van der Waals surface area contributed by atoms with Crippen LogP contribution in [0.1, 0.15) is 46.1 Å². The van der Waals surface area contributed by atoms with E-state index >= 15 is 0 Å². The molecular formula is C18H30N2O2. The summed E-state index contributed by atoms with van der Waals surface area (Å²) in [5.41, 5.74) is 1.44. The molecule has 4 nitrogen and oxygen atoms in total. The molecule has 1 heterocycles. The van der Waals surface area contributed by atoms with Crippen LogP contribution in [0.5, 0.6) is 11.5 Å². The zero-order chi connectivity index (χ0) is 16.4. The van der Waals surface area contributed by atoms with Gasteiger partial charge in [0, 0.05) is 29.2 Å². The van der Waals surface area contributed by atoms with Crippen LogP contribution in [-0.2, 0) is 6.54 Å². The summed E-state index contributed by atoms with van der Waals surface area (Å²) in [7, 11) is 3.40. The molecule has 0 aromatic heterocycles. The quantitative estimate of drug-likeness (QED) is 0.877. The predicted octanol–water partition coefficient (Wildman–Crippen LogP) is 3.10. The van der Waals surface area contributed by atoms with Crippen molar-refractivity contribution in [1.82, 2.24) is 10.6 Å². The van der Waals surface area contributed by atoms with Gasteiger partial charge >= 0.3 is 0 Å². The van der Waals surface area contributed by atoms with E-state index in [1.54, 1.807) is 14.2 Å². The minimum absolute atomic E-state index is 0.151. The third kappa shape index (κ3) is 4.37. The first-order valence-electron chi connectivity index (χ1n) is 7.98. The number of hydrogen-bond donors (Lipinski definition) is 2. The molecule has 1 aliphatic heterocycles. The second kappa shape index (κ2) is 6.47. The van der Waals surface area contributed by atoms with E-state index in [0.717, 1.165) is 36.4 Å². The van der Waals surface area contributed by atoms with Crippen molar-refractivity contribution in [2.45, 2.75) is 64.2 Å². The van der Waals surface area contributed by atoms with Crippen molar-refractivity contribution in [2.75, 3.05) is 14.2 Å². The Balaban J connectivity index is 2.06. The number of rotatable bonds is 5. The number of piperidine rings is 1. The molecule has 2 rings (SSSR count). The number of nitrogens with one attached hydrogen (secondary N) is 2. The number of methoxy groups -OCH3 is 2. The Hall–Kier alpha value is -1.26. The molecular weight excluding hydrogens is 276 g/mol. The molecule has 1 aromatic rings. The van der Waals surface area contributed by atoms with Crippen LogP contribution in [0.15, 0.2) is 18.2 Å². The summed E-state index contributed by atoms with van der Waals surface area (Å²) in [6.45, 7) is 9.88. The van der Waals surface area contributed by atoms with Gasteiger partial charge in [0.25, 0.3) is 0 Å². The standard InChI is InChI=1S/C18H30N2O2/c1-17(2)10-14(11-18(3,4)20-17)19-12-13-9-15(21-5)7-8-16(13)22-6/h7-9,14,19-20H,10-12H2,1-6H3. The maximum absolute atomic E-state index is 5.46. The Bertz CT molecular complexity index is 496. The number of benzene rings is 1. The van der Waals surface area contributed by atoms with E-state index in [1.807, 2.05) is 18.2 Å². The predicted molar refractivity (Wildman–Crippen MR) is 90.7 cm³/mol.